The molecule has 0 fully saturated rings. The number of aromatic nitrogens is 2. The second-order valence-electron chi connectivity index (χ2n) is 2.44. The highest BCUT2D eigenvalue weighted by molar-refractivity contribution is 6.30. The van der Waals surface area contributed by atoms with Gasteiger partial charge in [0.15, 0.2) is 0 Å². The molecule has 0 spiro atoms. The van der Waals surface area contributed by atoms with Crippen molar-refractivity contribution in [2.75, 3.05) is 12.3 Å². The Kier molecular flexibility index (Phi) is 4.23. The van der Waals surface area contributed by atoms with Crippen LogP contribution in [0.4, 0.5) is 5.95 Å². The summed E-state index contributed by atoms with van der Waals surface area (Å²) in [5.74, 6) is 5.64. The molecule has 1 rings (SSSR count). The van der Waals surface area contributed by atoms with E-state index >= 15 is 0 Å². The number of nitrogens with zero attached hydrogens (tertiary/aromatic N) is 5. The summed E-state index contributed by atoms with van der Waals surface area (Å²) in [6.07, 6.45) is 1.91. The van der Waals surface area contributed by atoms with Crippen LogP contribution < -0.4 is 5.73 Å². The van der Waals surface area contributed by atoms with Crippen molar-refractivity contribution in [3.8, 4) is 11.8 Å². The van der Waals surface area contributed by atoms with E-state index in [9.17, 15) is 0 Å². The Hall–Kier alpha value is -1.96. The van der Waals surface area contributed by atoms with Crippen LogP contribution in [0, 0.1) is 11.8 Å². The van der Waals surface area contributed by atoms with Crippen LogP contribution in [0.3, 0.4) is 0 Å². The Morgan fingerprint density at radius 1 is 1.67 bits per heavy atom. The Balaban J connectivity index is 2.67. The predicted molar refractivity (Wildman–Crippen MR) is 57.0 cm³/mol. The predicted octanol–water partition coefficient (Wildman–Crippen LogP) is 1.76. The number of anilines is 1. The topological polar surface area (TPSA) is 101 Å². The van der Waals surface area contributed by atoms with Gasteiger partial charge in [-0.1, -0.05) is 28.6 Å². The van der Waals surface area contributed by atoms with Gasteiger partial charge >= 0.3 is 0 Å². The molecule has 6 nitrogen and oxygen atoms in total. The average Bonchev–Trinajstić information content (AvgIpc) is 2.20. The van der Waals surface area contributed by atoms with Crippen LogP contribution in [-0.2, 0) is 0 Å². The lowest BCUT2D eigenvalue weighted by molar-refractivity contribution is 1.01. The van der Waals surface area contributed by atoms with E-state index in [2.05, 4.69) is 31.8 Å². The van der Waals surface area contributed by atoms with Crippen molar-refractivity contribution in [1.29, 1.82) is 0 Å². The highest BCUT2D eigenvalue weighted by atomic mass is 35.5. The summed E-state index contributed by atoms with van der Waals surface area (Å²) in [6, 6.07) is 0. The van der Waals surface area contributed by atoms with Crippen LogP contribution in [0.2, 0.25) is 5.15 Å². The van der Waals surface area contributed by atoms with Crippen LogP contribution in [-0.4, -0.2) is 16.5 Å². The summed E-state index contributed by atoms with van der Waals surface area (Å²) >= 11 is 5.75. The summed E-state index contributed by atoms with van der Waals surface area (Å²) in [5.41, 5.74) is 13.8. The number of azide groups is 1. The number of halogens is 1. The lowest BCUT2D eigenvalue weighted by atomic mass is 10.3. The van der Waals surface area contributed by atoms with Crippen LogP contribution in [0.15, 0.2) is 11.3 Å². The molecular weight excluding hydrogens is 216 g/mol. The summed E-state index contributed by atoms with van der Waals surface area (Å²) in [4.78, 5) is 10.1. The third-order valence-electron chi connectivity index (χ3n) is 1.38. The van der Waals surface area contributed by atoms with E-state index in [1.807, 2.05) is 0 Å². The fourth-order valence-corrected chi connectivity index (χ4v) is 0.948. The fourth-order valence-electron chi connectivity index (χ4n) is 0.766. The minimum atomic E-state index is 0.111. The summed E-state index contributed by atoms with van der Waals surface area (Å²) in [7, 11) is 0. The van der Waals surface area contributed by atoms with Gasteiger partial charge in [0.25, 0.3) is 0 Å². The molecule has 0 saturated heterocycles. The molecule has 0 atom stereocenters. The van der Waals surface area contributed by atoms with Gasteiger partial charge in [-0.05, 0) is 5.53 Å². The smallest absolute Gasteiger partial charge is 0.221 e. The quantitative estimate of drug-likeness (QED) is 0.206. The molecule has 0 saturated carbocycles. The molecule has 0 unspecified atom stereocenters. The van der Waals surface area contributed by atoms with Crippen LogP contribution >= 0.6 is 11.6 Å². The Morgan fingerprint density at radius 2 is 2.47 bits per heavy atom. The maximum atomic E-state index is 8.01. The molecule has 76 valence electrons. The molecule has 0 bridgehead atoms. The van der Waals surface area contributed by atoms with E-state index in [-0.39, 0.29) is 11.1 Å². The summed E-state index contributed by atoms with van der Waals surface area (Å²) < 4.78 is 0. The lowest BCUT2D eigenvalue weighted by Crippen LogP contribution is -1.95. The number of hydrogen-bond acceptors (Lipinski definition) is 4. The summed E-state index contributed by atoms with van der Waals surface area (Å²) in [6.45, 7) is 0.330. The van der Waals surface area contributed by atoms with Crippen molar-refractivity contribution in [3.05, 3.63) is 27.4 Å². The van der Waals surface area contributed by atoms with Crippen LogP contribution in [0.5, 0.6) is 0 Å². The van der Waals surface area contributed by atoms with Gasteiger partial charge in [-0.3, -0.25) is 0 Å². The van der Waals surface area contributed by atoms with Crippen molar-refractivity contribution in [1.82, 2.24) is 9.97 Å². The second kappa shape index (κ2) is 5.70. The third-order valence-corrected chi connectivity index (χ3v) is 1.67. The first-order valence-electron chi connectivity index (χ1n) is 4.02. The second-order valence-corrected chi connectivity index (χ2v) is 2.80. The molecule has 0 radical (unpaired) electrons. The molecule has 1 heterocycles. The minimum Gasteiger partial charge on any atom is -0.368 e. The van der Waals surface area contributed by atoms with Gasteiger partial charge in [-0.25, -0.2) is 4.98 Å². The number of hydrogen-bond donors (Lipinski definition) is 1. The first kappa shape index (κ1) is 11.1. The standard InChI is InChI=1S/C8H7ClN6/c9-7-6(5-12-8(10)14-7)3-1-2-4-13-15-11/h5H,2,4H2,(H2,10,12,14). The SMILES string of the molecule is [N-]=[N+]=NCCC#Cc1cnc(N)nc1Cl. The summed E-state index contributed by atoms with van der Waals surface area (Å²) in [5, 5.41) is 3.55. The fraction of sp³-hybridized carbons (Fsp3) is 0.250. The molecule has 0 aliphatic rings. The molecule has 0 aromatic carbocycles. The van der Waals surface area contributed by atoms with E-state index < -0.39 is 0 Å². The van der Waals surface area contributed by atoms with Crippen LogP contribution in [0.1, 0.15) is 12.0 Å². The molecule has 0 aliphatic heterocycles. The molecule has 2 N–H and O–H groups in total. The molecular formula is C8H7ClN6. The van der Waals surface area contributed by atoms with Gasteiger partial charge in [0.05, 0.1) is 5.56 Å². The maximum absolute atomic E-state index is 8.01. The van der Waals surface area contributed by atoms with E-state index in [1.165, 1.54) is 6.20 Å². The van der Waals surface area contributed by atoms with Gasteiger partial charge < -0.3 is 5.73 Å². The molecule has 1 aromatic rings. The van der Waals surface area contributed by atoms with Gasteiger partial charge in [-0.15, -0.1) is 0 Å². The Labute approximate surface area is 91.1 Å². The van der Waals surface area contributed by atoms with E-state index in [0.717, 1.165) is 0 Å². The molecule has 0 aliphatic carbocycles. The zero-order chi connectivity index (χ0) is 11.1. The first-order chi connectivity index (χ1) is 7.24. The van der Waals surface area contributed by atoms with Crippen molar-refractivity contribution < 1.29 is 0 Å². The normalized spacial score (nSPS) is 8.60. The van der Waals surface area contributed by atoms with Crippen molar-refractivity contribution in [2.24, 2.45) is 5.11 Å². The largest absolute Gasteiger partial charge is 0.368 e. The zero-order valence-electron chi connectivity index (χ0n) is 7.68. The monoisotopic (exact) mass is 222 g/mol. The lowest BCUT2D eigenvalue weighted by Gasteiger charge is -1.94. The Morgan fingerprint density at radius 3 is 3.13 bits per heavy atom. The number of nitrogens with two attached hydrogens (primary N) is 1. The molecule has 0 amide bonds. The number of rotatable bonds is 2. The average molecular weight is 223 g/mol. The van der Waals surface area contributed by atoms with E-state index in [1.54, 1.807) is 0 Å². The zero-order valence-corrected chi connectivity index (χ0v) is 8.44. The van der Waals surface area contributed by atoms with Gasteiger partial charge in [0.2, 0.25) is 5.95 Å². The maximum Gasteiger partial charge on any atom is 0.221 e. The number of nitrogen functional groups attached to an aromatic ring is 1. The van der Waals surface area contributed by atoms with Gasteiger partial charge in [0.1, 0.15) is 5.15 Å². The van der Waals surface area contributed by atoms with Crippen LogP contribution in [0.25, 0.3) is 10.4 Å². The van der Waals surface area contributed by atoms with Gasteiger partial charge in [-0.2, -0.15) is 4.98 Å². The Bertz CT molecular complexity index is 454. The molecule has 7 heteroatoms. The minimum absolute atomic E-state index is 0.111. The highest BCUT2D eigenvalue weighted by Crippen LogP contribution is 2.10. The first-order valence-corrected chi connectivity index (χ1v) is 4.39. The molecule has 1 aromatic heterocycles. The third kappa shape index (κ3) is 3.73. The van der Waals surface area contributed by atoms with Gasteiger partial charge in [0, 0.05) is 24.1 Å². The van der Waals surface area contributed by atoms with Crippen molar-refractivity contribution in [3.63, 3.8) is 0 Å². The van der Waals surface area contributed by atoms with E-state index in [4.69, 9.17) is 22.9 Å². The van der Waals surface area contributed by atoms with Crippen molar-refractivity contribution >= 4 is 17.5 Å². The molecule has 15 heavy (non-hydrogen) atoms. The highest BCUT2D eigenvalue weighted by Gasteiger charge is 1.98. The van der Waals surface area contributed by atoms with E-state index in [0.29, 0.717) is 18.5 Å². The van der Waals surface area contributed by atoms with Crippen molar-refractivity contribution in [2.45, 2.75) is 6.42 Å².